The van der Waals surface area contributed by atoms with E-state index in [1.807, 2.05) is 6.07 Å². The summed E-state index contributed by atoms with van der Waals surface area (Å²) in [4.78, 5) is 15.9. The molecule has 10 heteroatoms. The molecule has 8 nitrogen and oxygen atoms in total. The van der Waals surface area contributed by atoms with Crippen LogP contribution in [0.25, 0.3) is 0 Å². The number of carbonyl (C=O) groups excluding carboxylic acids is 1. The van der Waals surface area contributed by atoms with Gasteiger partial charge in [-0.25, -0.2) is 9.67 Å². The number of thioether (sulfide) groups is 1. The first-order valence-corrected chi connectivity index (χ1v) is 7.90. The minimum Gasteiger partial charge on any atom is -0.467 e. The lowest BCUT2D eigenvalue weighted by Gasteiger charge is -2.06. The molecule has 3 aromatic rings. The smallest absolute Gasteiger partial charge is 0.234 e. The SMILES string of the molecule is O=C(CSc1nnnn1Cc1ccco1)Nc1cccnc1Cl. The Morgan fingerprint density at radius 2 is 2.30 bits per heavy atom. The molecule has 0 aliphatic carbocycles. The van der Waals surface area contributed by atoms with E-state index in [4.69, 9.17) is 16.0 Å². The van der Waals surface area contributed by atoms with E-state index < -0.39 is 0 Å². The van der Waals surface area contributed by atoms with Crippen LogP contribution < -0.4 is 5.32 Å². The minimum atomic E-state index is -0.225. The summed E-state index contributed by atoms with van der Waals surface area (Å²) in [5.41, 5.74) is 0.468. The molecule has 118 valence electrons. The first kappa shape index (κ1) is 15.5. The number of hydrogen-bond donors (Lipinski definition) is 1. The van der Waals surface area contributed by atoms with E-state index in [-0.39, 0.29) is 16.8 Å². The fourth-order valence-corrected chi connectivity index (χ4v) is 2.59. The lowest BCUT2D eigenvalue weighted by Crippen LogP contribution is -2.15. The van der Waals surface area contributed by atoms with Crippen molar-refractivity contribution in [1.82, 2.24) is 25.2 Å². The van der Waals surface area contributed by atoms with Crippen molar-refractivity contribution in [2.24, 2.45) is 0 Å². The van der Waals surface area contributed by atoms with Crippen molar-refractivity contribution >= 4 is 35.0 Å². The second-order valence-corrected chi connectivity index (χ2v) is 5.68. The maximum Gasteiger partial charge on any atom is 0.234 e. The van der Waals surface area contributed by atoms with Crippen LogP contribution in [0.4, 0.5) is 5.69 Å². The van der Waals surface area contributed by atoms with Gasteiger partial charge in [0.1, 0.15) is 12.3 Å². The van der Waals surface area contributed by atoms with E-state index in [0.29, 0.717) is 17.4 Å². The number of amides is 1. The lowest BCUT2D eigenvalue weighted by molar-refractivity contribution is -0.113. The number of pyridine rings is 1. The molecule has 0 fully saturated rings. The van der Waals surface area contributed by atoms with Crippen molar-refractivity contribution in [3.8, 4) is 0 Å². The Bertz CT molecular complexity index is 791. The predicted octanol–water partition coefficient (Wildman–Crippen LogP) is 2.09. The Hall–Kier alpha value is -2.39. The van der Waals surface area contributed by atoms with Crippen LogP contribution in [0.3, 0.4) is 0 Å². The summed E-state index contributed by atoms with van der Waals surface area (Å²) in [5.74, 6) is 0.646. The number of tetrazole rings is 1. The Morgan fingerprint density at radius 1 is 1.39 bits per heavy atom. The first-order valence-electron chi connectivity index (χ1n) is 6.54. The van der Waals surface area contributed by atoms with Crippen molar-refractivity contribution < 1.29 is 9.21 Å². The van der Waals surface area contributed by atoms with Gasteiger partial charge in [-0.1, -0.05) is 23.4 Å². The van der Waals surface area contributed by atoms with Gasteiger partial charge < -0.3 is 9.73 Å². The van der Waals surface area contributed by atoms with Crippen molar-refractivity contribution in [3.05, 3.63) is 47.6 Å². The second kappa shape index (κ2) is 7.25. The number of halogens is 1. The van der Waals surface area contributed by atoms with Crippen molar-refractivity contribution in [2.45, 2.75) is 11.7 Å². The molecule has 3 heterocycles. The van der Waals surface area contributed by atoms with Crippen LogP contribution in [0.1, 0.15) is 5.76 Å². The first-order chi connectivity index (χ1) is 11.2. The Balaban J connectivity index is 1.57. The topological polar surface area (TPSA) is 98.7 Å². The highest BCUT2D eigenvalue weighted by molar-refractivity contribution is 7.99. The zero-order chi connectivity index (χ0) is 16.1. The third kappa shape index (κ3) is 4.08. The fourth-order valence-electron chi connectivity index (χ4n) is 1.74. The normalized spacial score (nSPS) is 10.7. The monoisotopic (exact) mass is 350 g/mol. The van der Waals surface area contributed by atoms with E-state index in [9.17, 15) is 4.79 Å². The highest BCUT2D eigenvalue weighted by atomic mass is 35.5. The zero-order valence-corrected chi connectivity index (χ0v) is 13.3. The van der Waals surface area contributed by atoms with Gasteiger partial charge in [-0.05, 0) is 34.7 Å². The number of furan rings is 1. The quantitative estimate of drug-likeness (QED) is 0.536. The summed E-state index contributed by atoms with van der Waals surface area (Å²) in [6.45, 7) is 0.401. The number of hydrogen-bond acceptors (Lipinski definition) is 7. The lowest BCUT2D eigenvalue weighted by atomic mass is 10.4. The van der Waals surface area contributed by atoms with Crippen molar-refractivity contribution in [1.29, 1.82) is 0 Å². The molecule has 0 aromatic carbocycles. The highest BCUT2D eigenvalue weighted by Gasteiger charge is 2.12. The molecule has 0 spiro atoms. The van der Waals surface area contributed by atoms with Gasteiger partial charge in [-0.15, -0.1) is 5.10 Å². The Labute approximate surface area is 140 Å². The van der Waals surface area contributed by atoms with Crippen LogP contribution in [-0.2, 0) is 11.3 Å². The van der Waals surface area contributed by atoms with Crippen LogP contribution in [0, 0.1) is 0 Å². The van der Waals surface area contributed by atoms with Crippen LogP contribution in [-0.4, -0.2) is 36.9 Å². The molecule has 0 bridgehead atoms. The summed E-state index contributed by atoms with van der Waals surface area (Å²) in [6, 6.07) is 6.99. The van der Waals surface area contributed by atoms with Crippen LogP contribution in [0.15, 0.2) is 46.3 Å². The molecule has 0 radical (unpaired) electrons. The fraction of sp³-hybridized carbons (Fsp3) is 0.154. The number of aromatic nitrogens is 5. The maximum atomic E-state index is 12.0. The predicted molar refractivity (Wildman–Crippen MR) is 84.2 cm³/mol. The molecule has 1 amide bonds. The largest absolute Gasteiger partial charge is 0.467 e. The summed E-state index contributed by atoms with van der Waals surface area (Å²) in [5, 5.41) is 14.8. The molecular weight excluding hydrogens is 340 g/mol. The van der Waals surface area contributed by atoms with Crippen molar-refractivity contribution in [2.75, 3.05) is 11.1 Å². The molecule has 0 unspecified atom stereocenters. The number of anilines is 1. The van der Waals surface area contributed by atoms with Gasteiger partial charge in [0.05, 0.1) is 17.7 Å². The molecule has 0 aliphatic heterocycles. The minimum absolute atomic E-state index is 0.143. The maximum absolute atomic E-state index is 12.0. The third-order valence-electron chi connectivity index (χ3n) is 2.75. The van der Waals surface area contributed by atoms with E-state index in [0.717, 1.165) is 5.76 Å². The highest BCUT2D eigenvalue weighted by Crippen LogP contribution is 2.19. The second-order valence-electron chi connectivity index (χ2n) is 4.38. The number of nitrogens with zero attached hydrogens (tertiary/aromatic N) is 5. The number of nitrogens with one attached hydrogen (secondary N) is 1. The summed E-state index contributed by atoms with van der Waals surface area (Å²) in [7, 11) is 0. The van der Waals surface area contributed by atoms with Crippen LogP contribution >= 0.6 is 23.4 Å². The Kier molecular flexibility index (Phi) is 4.89. The standard InChI is InChI=1S/C13H11ClN6O2S/c14-12-10(4-1-5-15-12)16-11(21)8-23-13-17-18-19-20(13)7-9-3-2-6-22-9/h1-6H,7-8H2,(H,16,21). The third-order valence-corrected chi connectivity index (χ3v) is 4.01. The number of rotatable bonds is 6. The molecular formula is C13H11ClN6O2S. The molecule has 23 heavy (non-hydrogen) atoms. The molecule has 3 aromatic heterocycles. The van der Waals surface area contributed by atoms with Gasteiger partial charge in [0.25, 0.3) is 0 Å². The summed E-state index contributed by atoms with van der Waals surface area (Å²) in [6.07, 6.45) is 3.13. The van der Waals surface area contributed by atoms with Crippen LogP contribution in [0.5, 0.6) is 0 Å². The van der Waals surface area contributed by atoms with Gasteiger partial charge in [0.2, 0.25) is 11.1 Å². The van der Waals surface area contributed by atoms with E-state index in [2.05, 4.69) is 25.8 Å². The average Bonchev–Trinajstić information content (AvgIpc) is 3.20. The zero-order valence-electron chi connectivity index (χ0n) is 11.7. The molecule has 3 rings (SSSR count). The molecule has 0 atom stereocenters. The van der Waals surface area contributed by atoms with Gasteiger partial charge in [-0.2, -0.15) is 0 Å². The Morgan fingerprint density at radius 3 is 3.09 bits per heavy atom. The summed E-state index contributed by atoms with van der Waals surface area (Å²) >= 11 is 7.11. The average molecular weight is 351 g/mol. The van der Waals surface area contributed by atoms with Gasteiger partial charge >= 0.3 is 0 Å². The molecule has 0 aliphatic rings. The molecule has 1 N–H and O–H groups in total. The number of carbonyl (C=O) groups is 1. The van der Waals surface area contributed by atoms with Gasteiger partial charge in [-0.3, -0.25) is 4.79 Å². The van der Waals surface area contributed by atoms with Gasteiger partial charge in [0.15, 0.2) is 5.15 Å². The molecule has 0 saturated heterocycles. The molecule has 0 saturated carbocycles. The van der Waals surface area contributed by atoms with E-state index in [1.54, 1.807) is 35.3 Å². The van der Waals surface area contributed by atoms with Crippen molar-refractivity contribution in [3.63, 3.8) is 0 Å². The van der Waals surface area contributed by atoms with Crippen LogP contribution in [0.2, 0.25) is 5.15 Å². The van der Waals surface area contributed by atoms with E-state index in [1.165, 1.54) is 11.8 Å². The summed E-state index contributed by atoms with van der Waals surface area (Å²) < 4.78 is 6.82. The van der Waals surface area contributed by atoms with E-state index >= 15 is 0 Å². The van der Waals surface area contributed by atoms with Gasteiger partial charge in [0, 0.05) is 6.20 Å².